The maximum Gasteiger partial charge on any atom is 0.346 e. The SMILES string of the molecule is Cc1ccc(OC(=O)c2cc(F)nc(F)c2F)cc1. The first-order chi connectivity index (χ1) is 8.97. The summed E-state index contributed by atoms with van der Waals surface area (Å²) in [6, 6.07) is 6.80. The van der Waals surface area contributed by atoms with E-state index >= 15 is 0 Å². The molecule has 0 N–H and O–H groups in total. The van der Waals surface area contributed by atoms with E-state index in [1.807, 2.05) is 6.92 Å². The molecule has 0 amide bonds. The number of hydrogen-bond acceptors (Lipinski definition) is 3. The number of hydrogen-bond donors (Lipinski definition) is 0. The summed E-state index contributed by atoms with van der Waals surface area (Å²) in [6.07, 6.45) is 0. The minimum Gasteiger partial charge on any atom is -0.423 e. The maximum absolute atomic E-state index is 13.3. The molecule has 0 fully saturated rings. The fourth-order valence-corrected chi connectivity index (χ4v) is 1.39. The van der Waals surface area contributed by atoms with Crippen LogP contribution in [-0.4, -0.2) is 11.0 Å². The van der Waals surface area contributed by atoms with Gasteiger partial charge >= 0.3 is 5.97 Å². The average Bonchev–Trinajstić information content (AvgIpc) is 2.36. The molecule has 0 bridgehead atoms. The van der Waals surface area contributed by atoms with Crippen LogP contribution in [0.5, 0.6) is 5.75 Å². The Balaban J connectivity index is 2.27. The van der Waals surface area contributed by atoms with Crippen molar-refractivity contribution in [3.05, 3.63) is 59.2 Å². The van der Waals surface area contributed by atoms with Gasteiger partial charge in [-0.25, -0.2) is 9.18 Å². The van der Waals surface area contributed by atoms with E-state index < -0.39 is 29.2 Å². The van der Waals surface area contributed by atoms with Crippen LogP contribution in [0.1, 0.15) is 15.9 Å². The molecule has 0 spiro atoms. The van der Waals surface area contributed by atoms with Crippen molar-refractivity contribution in [2.45, 2.75) is 6.92 Å². The number of pyridine rings is 1. The molecule has 0 aliphatic rings. The van der Waals surface area contributed by atoms with Gasteiger partial charge in [-0.1, -0.05) is 17.7 Å². The number of ether oxygens (including phenoxy) is 1. The molecule has 0 radical (unpaired) electrons. The van der Waals surface area contributed by atoms with Crippen LogP contribution in [-0.2, 0) is 0 Å². The Kier molecular flexibility index (Phi) is 3.50. The van der Waals surface area contributed by atoms with Crippen molar-refractivity contribution in [1.82, 2.24) is 4.98 Å². The summed E-state index contributed by atoms with van der Waals surface area (Å²) < 4.78 is 43.8. The molecule has 0 atom stereocenters. The zero-order valence-corrected chi connectivity index (χ0v) is 9.78. The monoisotopic (exact) mass is 267 g/mol. The van der Waals surface area contributed by atoms with Crippen molar-refractivity contribution in [1.29, 1.82) is 0 Å². The number of esters is 1. The molecule has 0 aliphatic carbocycles. The highest BCUT2D eigenvalue weighted by Crippen LogP contribution is 2.17. The van der Waals surface area contributed by atoms with Gasteiger partial charge in [0.05, 0.1) is 0 Å². The molecule has 19 heavy (non-hydrogen) atoms. The lowest BCUT2D eigenvalue weighted by Crippen LogP contribution is -2.13. The van der Waals surface area contributed by atoms with Crippen LogP contribution in [0.25, 0.3) is 0 Å². The topological polar surface area (TPSA) is 39.2 Å². The second-order valence-corrected chi connectivity index (χ2v) is 3.80. The van der Waals surface area contributed by atoms with Gasteiger partial charge in [0.15, 0.2) is 5.82 Å². The molecule has 1 aromatic carbocycles. The van der Waals surface area contributed by atoms with E-state index in [0.717, 1.165) is 5.56 Å². The minimum atomic E-state index is -1.68. The van der Waals surface area contributed by atoms with Crippen LogP contribution in [0.3, 0.4) is 0 Å². The fraction of sp³-hybridized carbons (Fsp3) is 0.0769. The molecule has 0 aliphatic heterocycles. The molecule has 2 aromatic rings. The Morgan fingerprint density at radius 1 is 1.16 bits per heavy atom. The van der Waals surface area contributed by atoms with E-state index in [-0.39, 0.29) is 5.75 Å². The lowest BCUT2D eigenvalue weighted by Gasteiger charge is -2.05. The molecule has 6 heteroatoms. The van der Waals surface area contributed by atoms with E-state index in [1.165, 1.54) is 12.1 Å². The van der Waals surface area contributed by atoms with Crippen molar-refractivity contribution >= 4 is 5.97 Å². The van der Waals surface area contributed by atoms with E-state index in [0.29, 0.717) is 6.07 Å². The first-order valence-electron chi connectivity index (χ1n) is 5.28. The van der Waals surface area contributed by atoms with Gasteiger partial charge in [-0.2, -0.15) is 13.8 Å². The number of aryl methyl sites for hydroxylation is 1. The van der Waals surface area contributed by atoms with Crippen molar-refractivity contribution in [3.8, 4) is 5.75 Å². The van der Waals surface area contributed by atoms with Gasteiger partial charge in [-0.05, 0) is 19.1 Å². The van der Waals surface area contributed by atoms with Gasteiger partial charge in [0.1, 0.15) is 11.3 Å². The third kappa shape index (κ3) is 2.90. The van der Waals surface area contributed by atoms with E-state index in [1.54, 1.807) is 12.1 Å². The minimum absolute atomic E-state index is 0.146. The van der Waals surface area contributed by atoms with E-state index in [4.69, 9.17) is 4.74 Å². The van der Waals surface area contributed by atoms with Crippen LogP contribution < -0.4 is 4.74 Å². The van der Waals surface area contributed by atoms with Crippen LogP contribution in [0.15, 0.2) is 30.3 Å². The molecule has 98 valence electrons. The summed E-state index contributed by atoms with van der Waals surface area (Å²) in [5.41, 5.74) is 0.0950. The van der Waals surface area contributed by atoms with Crippen LogP contribution in [0, 0.1) is 24.6 Å². The number of halogens is 3. The number of carbonyl (C=O) groups excluding carboxylic acids is 1. The van der Waals surface area contributed by atoms with Crippen LogP contribution >= 0.6 is 0 Å². The van der Waals surface area contributed by atoms with Crippen molar-refractivity contribution in [2.24, 2.45) is 0 Å². The fourth-order valence-electron chi connectivity index (χ4n) is 1.39. The van der Waals surface area contributed by atoms with Crippen LogP contribution in [0.2, 0.25) is 0 Å². The quantitative estimate of drug-likeness (QED) is 0.477. The summed E-state index contributed by atoms with van der Waals surface area (Å²) in [7, 11) is 0. The predicted octanol–water partition coefficient (Wildman–Crippen LogP) is 3.03. The van der Waals surface area contributed by atoms with Crippen molar-refractivity contribution in [2.75, 3.05) is 0 Å². The second kappa shape index (κ2) is 5.09. The highest BCUT2D eigenvalue weighted by Gasteiger charge is 2.20. The molecule has 0 saturated heterocycles. The molecule has 1 heterocycles. The number of benzene rings is 1. The number of nitrogens with zero attached hydrogens (tertiary/aromatic N) is 1. The molecule has 0 saturated carbocycles. The summed E-state index contributed by atoms with van der Waals surface area (Å²) in [4.78, 5) is 14.2. The van der Waals surface area contributed by atoms with Gasteiger partial charge in [0, 0.05) is 6.07 Å². The molecule has 2 rings (SSSR count). The third-order valence-electron chi connectivity index (χ3n) is 2.34. The summed E-state index contributed by atoms with van der Waals surface area (Å²) in [6.45, 7) is 1.83. The number of aromatic nitrogens is 1. The smallest absolute Gasteiger partial charge is 0.346 e. The molecule has 3 nitrogen and oxygen atoms in total. The number of rotatable bonds is 2. The van der Waals surface area contributed by atoms with Gasteiger partial charge in [-0.3, -0.25) is 0 Å². The van der Waals surface area contributed by atoms with Gasteiger partial charge in [0.2, 0.25) is 5.95 Å². The average molecular weight is 267 g/mol. The third-order valence-corrected chi connectivity index (χ3v) is 2.34. The zero-order valence-electron chi connectivity index (χ0n) is 9.78. The van der Waals surface area contributed by atoms with Crippen molar-refractivity contribution in [3.63, 3.8) is 0 Å². The zero-order chi connectivity index (χ0) is 14.0. The van der Waals surface area contributed by atoms with Crippen molar-refractivity contribution < 1.29 is 22.7 Å². The lowest BCUT2D eigenvalue weighted by atomic mass is 10.2. The predicted molar refractivity (Wildman–Crippen MR) is 60.2 cm³/mol. The maximum atomic E-state index is 13.3. The van der Waals surface area contributed by atoms with Gasteiger partial charge < -0.3 is 4.74 Å². The summed E-state index contributed by atoms with van der Waals surface area (Å²) in [5, 5.41) is 0. The second-order valence-electron chi connectivity index (χ2n) is 3.80. The Labute approximate surface area is 106 Å². The van der Waals surface area contributed by atoms with E-state index in [2.05, 4.69) is 4.98 Å². The molecular formula is C13H8F3NO2. The van der Waals surface area contributed by atoms with Gasteiger partial charge in [-0.15, -0.1) is 0 Å². The Morgan fingerprint density at radius 3 is 2.42 bits per heavy atom. The standard InChI is InChI=1S/C13H8F3NO2/c1-7-2-4-8(5-3-7)19-13(18)9-6-10(14)17-12(16)11(9)15/h2-6H,1H3. The number of carbonyl (C=O) groups is 1. The van der Waals surface area contributed by atoms with Gasteiger partial charge in [0.25, 0.3) is 5.95 Å². The normalized spacial score (nSPS) is 10.3. The largest absolute Gasteiger partial charge is 0.423 e. The Bertz CT molecular complexity index is 627. The Morgan fingerprint density at radius 2 is 1.79 bits per heavy atom. The molecule has 0 unspecified atom stereocenters. The van der Waals surface area contributed by atoms with Crippen LogP contribution in [0.4, 0.5) is 13.2 Å². The molecule has 1 aromatic heterocycles. The highest BCUT2D eigenvalue weighted by atomic mass is 19.2. The van der Waals surface area contributed by atoms with E-state index in [9.17, 15) is 18.0 Å². The highest BCUT2D eigenvalue weighted by molar-refractivity contribution is 5.91. The molecular weight excluding hydrogens is 259 g/mol. The summed E-state index contributed by atoms with van der Waals surface area (Å²) >= 11 is 0. The Hall–Kier alpha value is -2.37. The summed E-state index contributed by atoms with van der Waals surface area (Å²) in [5.74, 6) is -5.57. The first kappa shape index (κ1) is 13.1. The lowest BCUT2D eigenvalue weighted by molar-refractivity contribution is 0.0727. The first-order valence-corrected chi connectivity index (χ1v) is 5.28.